The molecule has 3 nitrogen and oxygen atoms in total. The lowest BCUT2D eigenvalue weighted by Gasteiger charge is -2.17. The number of carbonyl (C=O) groups is 1. The quantitative estimate of drug-likeness (QED) is 0.844. The van der Waals surface area contributed by atoms with Crippen LogP contribution in [-0.2, 0) is 0 Å². The highest BCUT2D eigenvalue weighted by Crippen LogP contribution is 2.47. The average Bonchev–Trinajstić information content (AvgIpc) is 3.08. The van der Waals surface area contributed by atoms with E-state index in [-0.39, 0.29) is 0 Å². The minimum absolute atomic E-state index is 0.331. The van der Waals surface area contributed by atoms with Crippen LogP contribution in [0.3, 0.4) is 0 Å². The third-order valence-corrected chi connectivity index (χ3v) is 4.75. The molecule has 92 valence electrons. The lowest BCUT2D eigenvalue weighted by molar-refractivity contribution is 0.0698. The Bertz CT molecular complexity index is 441. The minimum Gasteiger partial charge on any atom is -0.478 e. The van der Waals surface area contributed by atoms with Crippen LogP contribution < -0.4 is 5.32 Å². The van der Waals surface area contributed by atoms with Gasteiger partial charge in [0.2, 0.25) is 0 Å². The monoisotopic (exact) mass is 251 g/mol. The smallest absolute Gasteiger partial charge is 0.337 e. The van der Waals surface area contributed by atoms with E-state index in [4.69, 9.17) is 5.11 Å². The van der Waals surface area contributed by atoms with Crippen molar-refractivity contribution in [3.05, 3.63) is 29.3 Å². The first-order valence-electron chi connectivity index (χ1n) is 5.70. The molecule has 1 aliphatic rings. The number of anilines is 1. The zero-order valence-corrected chi connectivity index (χ0v) is 10.9. The van der Waals surface area contributed by atoms with Crippen LogP contribution in [0, 0.1) is 6.92 Å². The zero-order chi connectivity index (χ0) is 12.5. The Morgan fingerprint density at radius 2 is 2.24 bits per heavy atom. The summed E-state index contributed by atoms with van der Waals surface area (Å²) in [5.74, 6) is -0.870. The second-order valence-electron chi connectivity index (χ2n) is 4.54. The number of aryl methyl sites for hydroxylation is 1. The van der Waals surface area contributed by atoms with Crippen molar-refractivity contribution in [3.63, 3.8) is 0 Å². The fourth-order valence-electron chi connectivity index (χ4n) is 1.92. The van der Waals surface area contributed by atoms with Crippen LogP contribution in [0.15, 0.2) is 18.2 Å². The van der Waals surface area contributed by atoms with E-state index in [1.54, 1.807) is 12.1 Å². The van der Waals surface area contributed by atoms with E-state index in [2.05, 4.69) is 11.6 Å². The summed E-state index contributed by atoms with van der Waals surface area (Å²) in [6.07, 6.45) is 4.55. The second kappa shape index (κ2) is 4.61. The second-order valence-corrected chi connectivity index (χ2v) is 5.82. The Balaban J connectivity index is 2.17. The summed E-state index contributed by atoms with van der Waals surface area (Å²) in [7, 11) is 0. The van der Waals surface area contributed by atoms with E-state index in [0.717, 1.165) is 17.8 Å². The van der Waals surface area contributed by atoms with Gasteiger partial charge in [0.25, 0.3) is 0 Å². The lowest BCUT2D eigenvalue weighted by Crippen LogP contribution is -2.19. The van der Waals surface area contributed by atoms with Gasteiger partial charge in [0.1, 0.15) is 0 Å². The molecule has 0 saturated heterocycles. The van der Waals surface area contributed by atoms with E-state index < -0.39 is 5.97 Å². The first-order chi connectivity index (χ1) is 8.08. The van der Waals surface area contributed by atoms with Crippen LogP contribution in [0.4, 0.5) is 5.69 Å². The van der Waals surface area contributed by atoms with Gasteiger partial charge in [-0.05, 0) is 37.7 Å². The molecule has 0 bridgehead atoms. The molecule has 1 fully saturated rings. The molecule has 0 amide bonds. The largest absolute Gasteiger partial charge is 0.478 e. The first kappa shape index (κ1) is 12.3. The summed E-state index contributed by atoms with van der Waals surface area (Å²) in [5.41, 5.74) is 2.11. The van der Waals surface area contributed by atoms with E-state index >= 15 is 0 Å². The molecule has 0 spiro atoms. The number of thioether (sulfide) groups is 1. The van der Waals surface area contributed by atoms with Crippen LogP contribution >= 0.6 is 11.8 Å². The predicted octanol–water partition coefficient (Wildman–Crippen LogP) is 3.00. The van der Waals surface area contributed by atoms with Crippen molar-refractivity contribution in [2.24, 2.45) is 0 Å². The number of benzene rings is 1. The van der Waals surface area contributed by atoms with Gasteiger partial charge in [-0.3, -0.25) is 0 Å². The molecule has 1 aromatic rings. The van der Waals surface area contributed by atoms with Crippen LogP contribution in [0.5, 0.6) is 0 Å². The van der Waals surface area contributed by atoms with Crippen LogP contribution in [0.2, 0.25) is 0 Å². The topological polar surface area (TPSA) is 49.3 Å². The highest BCUT2D eigenvalue weighted by Gasteiger charge is 2.41. The summed E-state index contributed by atoms with van der Waals surface area (Å²) in [4.78, 5) is 11.1. The maximum absolute atomic E-state index is 11.1. The number of rotatable bonds is 5. The Hall–Kier alpha value is -1.16. The van der Waals surface area contributed by atoms with Gasteiger partial charge in [-0.25, -0.2) is 4.79 Å². The molecular weight excluding hydrogens is 234 g/mol. The normalized spacial score (nSPS) is 16.6. The van der Waals surface area contributed by atoms with E-state index in [9.17, 15) is 4.79 Å². The number of nitrogens with one attached hydrogen (secondary N) is 1. The van der Waals surface area contributed by atoms with Crippen molar-refractivity contribution in [2.75, 3.05) is 18.1 Å². The fourth-order valence-corrected chi connectivity index (χ4v) is 2.65. The number of para-hydroxylation sites is 1. The molecule has 17 heavy (non-hydrogen) atoms. The van der Waals surface area contributed by atoms with E-state index in [0.29, 0.717) is 10.3 Å². The lowest BCUT2D eigenvalue weighted by atomic mass is 10.1. The van der Waals surface area contributed by atoms with Crippen LogP contribution in [0.25, 0.3) is 0 Å². The maximum Gasteiger partial charge on any atom is 0.337 e. The third-order valence-electron chi connectivity index (χ3n) is 3.33. The highest BCUT2D eigenvalue weighted by atomic mass is 32.2. The minimum atomic E-state index is -0.870. The van der Waals surface area contributed by atoms with E-state index in [1.165, 1.54) is 12.8 Å². The zero-order valence-electron chi connectivity index (χ0n) is 10.1. The molecule has 0 unspecified atom stereocenters. The van der Waals surface area contributed by atoms with Gasteiger partial charge in [0, 0.05) is 11.3 Å². The Labute approximate surface area is 106 Å². The summed E-state index contributed by atoms with van der Waals surface area (Å²) < 4.78 is 0.331. The van der Waals surface area contributed by atoms with Crippen molar-refractivity contribution in [1.82, 2.24) is 0 Å². The Morgan fingerprint density at radius 1 is 1.53 bits per heavy atom. The molecule has 2 N–H and O–H groups in total. The molecular formula is C13H17NO2S. The van der Waals surface area contributed by atoms with Crippen LogP contribution in [-0.4, -0.2) is 28.6 Å². The number of hydrogen-bond donors (Lipinski definition) is 2. The molecule has 0 atom stereocenters. The molecule has 4 heteroatoms. The number of hydrogen-bond acceptors (Lipinski definition) is 3. The molecule has 0 radical (unpaired) electrons. The van der Waals surface area contributed by atoms with Crippen molar-refractivity contribution >= 4 is 23.4 Å². The van der Waals surface area contributed by atoms with Gasteiger partial charge < -0.3 is 10.4 Å². The van der Waals surface area contributed by atoms with Crippen LogP contribution in [0.1, 0.15) is 28.8 Å². The van der Waals surface area contributed by atoms with Gasteiger partial charge >= 0.3 is 5.97 Å². The summed E-state index contributed by atoms with van der Waals surface area (Å²) >= 11 is 1.87. The maximum atomic E-state index is 11.1. The van der Waals surface area contributed by atoms with Crippen molar-refractivity contribution in [1.29, 1.82) is 0 Å². The summed E-state index contributed by atoms with van der Waals surface area (Å²) in [5, 5.41) is 12.5. The fraction of sp³-hybridized carbons (Fsp3) is 0.462. The Morgan fingerprint density at radius 3 is 2.76 bits per heavy atom. The molecule has 1 aliphatic carbocycles. The molecule has 0 aliphatic heterocycles. The third kappa shape index (κ3) is 2.57. The van der Waals surface area contributed by atoms with Crippen molar-refractivity contribution < 1.29 is 9.90 Å². The number of carboxylic acid groups (broad SMARTS) is 1. The average molecular weight is 251 g/mol. The molecule has 1 saturated carbocycles. The van der Waals surface area contributed by atoms with Gasteiger partial charge in [0.05, 0.1) is 11.3 Å². The number of carboxylic acids is 1. The first-order valence-corrected chi connectivity index (χ1v) is 6.92. The summed E-state index contributed by atoms with van der Waals surface area (Å²) in [6.45, 7) is 2.78. The van der Waals surface area contributed by atoms with Crippen molar-refractivity contribution in [2.45, 2.75) is 24.5 Å². The Kier molecular flexibility index (Phi) is 3.33. The molecule has 0 aromatic heterocycles. The molecule has 1 aromatic carbocycles. The van der Waals surface area contributed by atoms with Crippen molar-refractivity contribution in [3.8, 4) is 0 Å². The molecule has 0 heterocycles. The van der Waals surface area contributed by atoms with Gasteiger partial charge in [0.15, 0.2) is 0 Å². The van der Waals surface area contributed by atoms with Gasteiger partial charge in [-0.15, -0.1) is 0 Å². The molecule has 2 rings (SSSR count). The predicted molar refractivity (Wildman–Crippen MR) is 72.1 cm³/mol. The SMILES string of the molecule is CSC1(CNc2c(C)cccc2C(=O)O)CC1. The summed E-state index contributed by atoms with van der Waals surface area (Å²) in [6, 6.07) is 5.37. The van der Waals surface area contributed by atoms with Gasteiger partial charge in [-0.1, -0.05) is 12.1 Å². The number of aromatic carboxylic acids is 1. The standard InChI is InChI=1S/C13H17NO2S/c1-9-4-3-5-10(12(15)16)11(9)14-8-13(17-2)6-7-13/h3-5,14H,6-8H2,1-2H3,(H,15,16). The highest BCUT2D eigenvalue weighted by molar-refractivity contribution is 8.00. The van der Waals surface area contributed by atoms with Gasteiger partial charge in [-0.2, -0.15) is 11.8 Å². The van der Waals surface area contributed by atoms with E-state index in [1.807, 2.05) is 24.8 Å².